The minimum atomic E-state index is -0.426. The molecule has 130 valence electrons. The number of methoxy groups -OCH3 is 1. The van der Waals surface area contributed by atoms with Crippen LogP contribution in [-0.2, 0) is 0 Å². The summed E-state index contributed by atoms with van der Waals surface area (Å²) in [5.74, 6) is 0.317. The van der Waals surface area contributed by atoms with Crippen LogP contribution in [0.1, 0.15) is 11.3 Å². The fourth-order valence-electron chi connectivity index (χ4n) is 2.96. The van der Waals surface area contributed by atoms with Crippen LogP contribution in [0.5, 0.6) is 5.75 Å². The molecule has 3 aromatic rings. The van der Waals surface area contributed by atoms with E-state index >= 15 is 0 Å². The molecule has 26 heavy (non-hydrogen) atoms. The van der Waals surface area contributed by atoms with Crippen LogP contribution in [-0.4, -0.2) is 12.1 Å². The summed E-state index contributed by atoms with van der Waals surface area (Å²) in [7, 11) is 1.57. The Labute approximate surface area is 159 Å². The summed E-state index contributed by atoms with van der Waals surface area (Å²) < 4.78 is 20.0. The van der Waals surface area contributed by atoms with Gasteiger partial charge in [0.15, 0.2) is 0 Å². The largest absolute Gasteiger partial charge is 0.496 e. The molecule has 1 heterocycles. The summed E-state index contributed by atoms with van der Waals surface area (Å²) in [6, 6.07) is 14.2. The Morgan fingerprint density at radius 1 is 1.19 bits per heavy atom. The minimum Gasteiger partial charge on any atom is -0.496 e. The first-order valence-electron chi connectivity index (χ1n) is 7.77. The molecule has 6 heteroatoms. The van der Waals surface area contributed by atoms with Crippen molar-refractivity contribution in [3.8, 4) is 34.1 Å². The van der Waals surface area contributed by atoms with E-state index in [1.54, 1.807) is 26.2 Å². The Kier molecular flexibility index (Phi) is 4.92. The number of halogens is 2. The van der Waals surface area contributed by atoms with E-state index < -0.39 is 5.82 Å². The molecule has 0 fully saturated rings. The minimum absolute atomic E-state index is 0.113. The highest BCUT2D eigenvalue weighted by atomic mass is 79.9. The van der Waals surface area contributed by atoms with Crippen LogP contribution in [0.25, 0.3) is 22.3 Å². The molecular formula is C20H15BrFN3O. The molecule has 0 aliphatic rings. The van der Waals surface area contributed by atoms with Crippen molar-refractivity contribution in [2.45, 2.75) is 6.92 Å². The molecule has 4 nitrogen and oxygen atoms in total. The van der Waals surface area contributed by atoms with Gasteiger partial charge < -0.3 is 10.5 Å². The molecule has 0 spiro atoms. The molecule has 0 aliphatic heterocycles. The van der Waals surface area contributed by atoms with Gasteiger partial charge in [-0.3, -0.25) is 0 Å². The van der Waals surface area contributed by atoms with Gasteiger partial charge in [0.25, 0.3) is 0 Å². The molecule has 0 atom stereocenters. The van der Waals surface area contributed by atoms with Crippen molar-refractivity contribution in [1.82, 2.24) is 4.98 Å². The molecule has 0 bridgehead atoms. The standard InChI is InChI=1S/C20H15BrFN3O/c1-11-18(13-5-3-4-6-17(13)26-2)19(14(10-23)20(24)25-11)12-7-8-15(21)16(22)9-12/h3-9H,1-2H3,(H2,24,25). The van der Waals surface area contributed by atoms with Crippen molar-refractivity contribution >= 4 is 21.7 Å². The molecule has 0 saturated carbocycles. The zero-order chi connectivity index (χ0) is 18.8. The predicted octanol–water partition coefficient (Wildman–Crippen LogP) is 5.09. The molecule has 0 amide bonds. The van der Waals surface area contributed by atoms with Crippen LogP contribution in [0.4, 0.5) is 10.2 Å². The van der Waals surface area contributed by atoms with Gasteiger partial charge in [0.1, 0.15) is 29.0 Å². The van der Waals surface area contributed by atoms with Crippen LogP contribution >= 0.6 is 15.9 Å². The summed E-state index contributed by atoms with van der Waals surface area (Å²) in [5, 5.41) is 9.67. The van der Waals surface area contributed by atoms with Crippen LogP contribution in [0.15, 0.2) is 46.9 Å². The Bertz CT molecular complexity index is 1040. The maximum Gasteiger partial charge on any atom is 0.142 e. The van der Waals surface area contributed by atoms with Crippen LogP contribution in [0, 0.1) is 24.1 Å². The summed E-state index contributed by atoms with van der Waals surface area (Å²) in [6.07, 6.45) is 0. The van der Waals surface area contributed by atoms with E-state index in [-0.39, 0.29) is 11.4 Å². The second-order valence-corrected chi connectivity index (χ2v) is 6.50. The third-order valence-electron chi connectivity index (χ3n) is 4.10. The number of pyridine rings is 1. The number of anilines is 1. The lowest BCUT2D eigenvalue weighted by molar-refractivity contribution is 0.416. The van der Waals surface area contributed by atoms with E-state index in [1.165, 1.54) is 6.07 Å². The lowest BCUT2D eigenvalue weighted by atomic mass is 9.89. The number of benzene rings is 2. The molecular weight excluding hydrogens is 397 g/mol. The predicted molar refractivity (Wildman–Crippen MR) is 103 cm³/mol. The van der Waals surface area contributed by atoms with Gasteiger partial charge in [-0.05, 0) is 46.6 Å². The molecule has 2 N–H and O–H groups in total. The molecule has 3 rings (SSSR count). The topological polar surface area (TPSA) is 71.9 Å². The second-order valence-electron chi connectivity index (χ2n) is 5.65. The van der Waals surface area contributed by atoms with E-state index in [0.717, 1.165) is 5.56 Å². The quantitative estimate of drug-likeness (QED) is 0.651. The fourth-order valence-corrected chi connectivity index (χ4v) is 3.21. The van der Waals surface area contributed by atoms with Gasteiger partial charge in [-0.15, -0.1) is 0 Å². The third-order valence-corrected chi connectivity index (χ3v) is 4.75. The Morgan fingerprint density at radius 2 is 1.92 bits per heavy atom. The normalized spacial score (nSPS) is 10.4. The van der Waals surface area contributed by atoms with Gasteiger partial charge in [0.05, 0.1) is 11.6 Å². The van der Waals surface area contributed by atoms with Crippen LogP contribution in [0.2, 0.25) is 0 Å². The molecule has 0 saturated heterocycles. The van der Waals surface area contributed by atoms with Gasteiger partial charge in [0.2, 0.25) is 0 Å². The fraction of sp³-hybridized carbons (Fsp3) is 0.100. The average Bonchev–Trinajstić information content (AvgIpc) is 2.63. The van der Waals surface area contributed by atoms with Crippen molar-refractivity contribution in [1.29, 1.82) is 5.26 Å². The second kappa shape index (κ2) is 7.14. The summed E-state index contributed by atoms with van der Waals surface area (Å²) in [5.41, 5.74) is 9.35. The maximum absolute atomic E-state index is 14.2. The molecule has 0 radical (unpaired) electrons. The monoisotopic (exact) mass is 411 g/mol. The Balaban J connectivity index is 2.45. The van der Waals surface area contributed by atoms with Crippen molar-refractivity contribution in [3.63, 3.8) is 0 Å². The highest BCUT2D eigenvalue weighted by molar-refractivity contribution is 9.10. The van der Waals surface area contributed by atoms with Gasteiger partial charge in [-0.1, -0.05) is 24.3 Å². The number of ether oxygens (including phenoxy) is 1. The van der Waals surface area contributed by atoms with Gasteiger partial charge >= 0.3 is 0 Å². The number of hydrogen-bond acceptors (Lipinski definition) is 4. The average molecular weight is 412 g/mol. The molecule has 0 aliphatic carbocycles. The smallest absolute Gasteiger partial charge is 0.142 e. The number of nitrogen functional groups attached to an aromatic ring is 1. The number of nitriles is 1. The van der Waals surface area contributed by atoms with E-state index in [0.29, 0.717) is 32.6 Å². The number of para-hydroxylation sites is 1. The summed E-state index contributed by atoms with van der Waals surface area (Å²) in [6.45, 7) is 1.80. The number of rotatable bonds is 3. The van der Waals surface area contributed by atoms with Crippen LogP contribution in [0.3, 0.4) is 0 Å². The molecule has 1 aromatic heterocycles. The highest BCUT2D eigenvalue weighted by Crippen LogP contribution is 2.42. The zero-order valence-electron chi connectivity index (χ0n) is 14.2. The number of aryl methyl sites for hydroxylation is 1. The Hall–Kier alpha value is -2.91. The Morgan fingerprint density at radius 3 is 2.58 bits per heavy atom. The number of nitrogens with zero attached hydrogens (tertiary/aromatic N) is 2. The molecule has 0 unspecified atom stereocenters. The van der Waals surface area contributed by atoms with E-state index in [9.17, 15) is 9.65 Å². The highest BCUT2D eigenvalue weighted by Gasteiger charge is 2.22. The van der Waals surface area contributed by atoms with Crippen molar-refractivity contribution in [2.24, 2.45) is 0 Å². The zero-order valence-corrected chi connectivity index (χ0v) is 15.8. The first-order chi connectivity index (χ1) is 12.5. The van der Waals surface area contributed by atoms with Crippen LogP contribution < -0.4 is 10.5 Å². The van der Waals surface area contributed by atoms with E-state index in [4.69, 9.17) is 10.5 Å². The molecule has 2 aromatic carbocycles. The lowest BCUT2D eigenvalue weighted by Crippen LogP contribution is -2.04. The summed E-state index contributed by atoms with van der Waals surface area (Å²) >= 11 is 3.16. The van der Waals surface area contributed by atoms with Gasteiger partial charge in [-0.25, -0.2) is 9.37 Å². The first kappa shape index (κ1) is 17.9. The van der Waals surface area contributed by atoms with E-state index in [2.05, 4.69) is 27.0 Å². The van der Waals surface area contributed by atoms with Gasteiger partial charge in [-0.2, -0.15) is 5.26 Å². The number of hydrogen-bond donors (Lipinski definition) is 1. The van der Waals surface area contributed by atoms with Crippen molar-refractivity contribution in [2.75, 3.05) is 12.8 Å². The third kappa shape index (κ3) is 3.02. The van der Waals surface area contributed by atoms with Gasteiger partial charge in [0, 0.05) is 22.4 Å². The number of aromatic nitrogens is 1. The van der Waals surface area contributed by atoms with Crippen molar-refractivity contribution in [3.05, 3.63) is 64.0 Å². The summed E-state index contributed by atoms with van der Waals surface area (Å²) in [4.78, 5) is 4.32. The van der Waals surface area contributed by atoms with Crippen molar-refractivity contribution < 1.29 is 9.13 Å². The lowest BCUT2D eigenvalue weighted by Gasteiger charge is -2.18. The van der Waals surface area contributed by atoms with E-state index in [1.807, 2.05) is 24.3 Å². The SMILES string of the molecule is COc1ccccc1-c1c(C)nc(N)c(C#N)c1-c1ccc(Br)c(F)c1. The first-order valence-corrected chi connectivity index (χ1v) is 8.56. The maximum atomic E-state index is 14.2. The number of nitrogens with two attached hydrogens (primary N) is 1.